The molecule has 0 aliphatic rings. The summed E-state index contributed by atoms with van der Waals surface area (Å²) in [5, 5.41) is 2.21. The summed E-state index contributed by atoms with van der Waals surface area (Å²) in [5.41, 5.74) is 2.39. The van der Waals surface area contributed by atoms with E-state index >= 15 is 0 Å². The Hall–Kier alpha value is -2.08. The molecule has 0 rings (SSSR count). The first-order chi connectivity index (χ1) is 11.9. The molecule has 0 radical (unpaired) electrons. The number of alkyl carbamates (subject to hydrolysis) is 1. The summed E-state index contributed by atoms with van der Waals surface area (Å²) >= 11 is 0. The van der Waals surface area contributed by atoms with Crippen LogP contribution in [0.5, 0.6) is 0 Å². The zero-order valence-electron chi connectivity index (χ0n) is 16.8. The molecule has 0 aromatic rings. The minimum atomic E-state index is -3.91. The Morgan fingerprint density at radius 3 is 1.70 bits per heavy atom. The summed E-state index contributed by atoms with van der Waals surface area (Å²) in [6.45, 7) is 11.0. The average Bonchev–Trinajstić information content (AvgIpc) is 2.36. The van der Waals surface area contributed by atoms with Gasteiger partial charge in [0.25, 0.3) is 16.0 Å². The van der Waals surface area contributed by atoms with E-state index in [9.17, 15) is 22.8 Å². The topological polar surface area (TPSA) is 149 Å². The van der Waals surface area contributed by atoms with Gasteiger partial charge < -0.3 is 14.8 Å². The summed E-state index contributed by atoms with van der Waals surface area (Å²) in [6.07, 6.45) is -2.40. The van der Waals surface area contributed by atoms with E-state index in [1.165, 1.54) is 6.92 Å². The summed E-state index contributed by atoms with van der Waals surface area (Å²) in [6, 6.07) is -1.48. The number of carbonyl (C=O) groups is 3. The standard InChI is InChI=1S/C15H29N3O8S/c1-9(26-27(8,22)23)10(16-12(20)24-14(2,3)4)11(19)17-18-13(21)25-15(5,6)7/h9-10H,1-8H3,(H,16,20)(H,17,19)(H,18,21)/t9-,10+/m0/s1. The van der Waals surface area contributed by atoms with Crippen LogP contribution in [0, 0.1) is 0 Å². The van der Waals surface area contributed by atoms with Gasteiger partial charge in [-0.3, -0.25) is 14.4 Å². The summed E-state index contributed by atoms with van der Waals surface area (Å²) in [5.74, 6) is -0.942. The Kier molecular flexibility index (Phi) is 8.51. The van der Waals surface area contributed by atoms with Gasteiger partial charge >= 0.3 is 12.2 Å². The number of rotatable bonds is 5. The molecule has 0 unspecified atom stereocenters. The maximum absolute atomic E-state index is 12.3. The highest BCUT2D eigenvalue weighted by atomic mass is 32.2. The van der Waals surface area contributed by atoms with E-state index < -0.39 is 51.6 Å². The van der Waals surface area contributed by atoms with Crippen molar-refractivity contribution in [2.45, 2.75) is 71.8 Å². The number of hydrazine groups is 1. The van der Waals surface area contributed by atoms with Gasteiger partial charge in [-0.1, -0.05) is 0 Å². The van der Waals surface area contributed by atoms with E-state index in [1.807, 2.05) is 10.9 Å². The molecule has 11 nitrogen and oxygen atoms in total. The van der Waals surface area contributed by atoms with Crippen LogP contribution < -0.4 is 16.2 Å². The van der Waals surface area contributed by atoms with Crippen LogP contribution in [0.2, 0.25) is 0 Å². The molecule has 0 fully saturated rings. The van der Waals surface area contributed by atoms with E-state index in [1.54, 1.807) is 41.5 Å². The quantitative estimate of drug-likeness (QED) is 0.444. The van der Waals surface area contributed by atoms with Crippen LogP contribution in [0.3, 0.4) is 0 Å². The van der Waals surface area contributed by atoms with Crippen molar-refractivity contribution in [2.24, 2.45) is 0 Å². The molecule has 0 aliphatic heterocycles. The molecule has 0 aromatic heterocycles. The van der Waals surface area contributed by atoms with Gasteiger partial charge in [-0.25, -0.2) is 15.0 Å². The first-order valence-corrected chi connectivity index (χ1v) is 9.88. The van der Waals surface area contributed by atoms with Crippen LogP contribution in [0.1, 0.15) is 48.5 Å². The smallest absolute Gasteiger partial charge is 0.426 e. The van der Waals surface area contributed by atoms with Crippen molar-refractivity contribution >= 4 is 28.2 Å². The lowest BCUT2D eigenvalue weighted by molar-refractivity contribution is -0.126. The Labute approximate surface area is 159 Å². The maximum atomic E-state index is 12.3. The second-order valence-corrected chi connectivity index (χ2v) is 9.35. The van der Waals surface area contributed by atoms with Gasteiger partial charge in [-0.15, -0.1) is 0 Å². The Balaban J connectivity index is 5.13. The van der Waals surface area contributed by atoms with Gasteiger partial charge in [-0.2, -0.15) is 8.42 Å². The van der Waals surface area contributed by atoms with Gasteiger partial charge in [0.15, 0.2) is 0 Å². The van der Waals surface area contributed by atoms with E-state index in [4.69, 9.17) is 13.7 Å². The third kappa shape index (κ3) is 12.8. The first kappa shape index (κ1) is 24.9. The van der Waals surface area contributed by atoms with E-state index in [0.717, 1.165) is 6.26 Å². The lowest BCUT2D eigenvalue weighted by Crippen LogP contribution is -2.57. The Bertz CT molecular complexity index is 649. The highest BCUT2D eigenvalue weighted by Crippen LogP contribution is 2.09. The monoisotopic (exact) mass is 411 g/mol. The zero-order valence-corrected chi connectivity index (χ0v) is 17.6. The van der Waals surface area contributed by atoms with Crippen LogP contribution in [0.15, 0.2) is 0 Å². The molecular weight excluding hydrogens is 382 g/mol. The molecule has 0 aromatic carbocycles. The molecule has 0 saturated carbocycles. The molecule has 0 aliphatic carbocycles. The average molecular weight is 411 g/mol. The fourth-order valence-electron chi connectivity index (χ4n) is 1.66. The molecule has 12 heteroatoms. The van der Waals surface area contributed by atoms with Gasteiger partial charge in [0.1, 0.15) is 23.3 Å². The van der Waals surface area contributed by atoms with Crippen LogP contribution in [0.25, 0.3) is 0 Å². The molecule has 0 heterocycles. The molecule has 2 atom stereocenters. The lowest BCUT2D eigenvalue weighted by atomic mass is 10.1. The van der Waals surface area contributed by atoms with Crippen molar-refractivity contribution in [3.63, 3.8) is 0 Å². The number of hydrogen-bond acceptors (Lipinski definition) is 8. The van der Waals surface area contributed by atoms with Gasteiger partial charge in [0, 0.05) is 0 Å². The van der Waals surface area contributed by atoms with Gasteiger partial charge in [-0.05, 0) is 48.5 Å². The van der Waals surface area contributed by atoms with Crippen LogP contribution in [-0.4, -0.2) is 56.1 Å². The summed E-state index contributed by atoms with van der Waals surface area (Å²) in [4.78, 5) is 35.9. The minimum absolute atomic E-state index is 0.796. The molecular formula is C15H29N3O8S. The fourth-order valence-corrected chi connectivity index (χ4v) is 2.32. The Morgan fingerprint density at radius 1 is 0.852 bits per heavy atom. The Morgan fingerprint density at radius 2 is 1.30 bits per heavy atom. The third-order valence-corrected chi connectivity index (χ3v) is 3.09. The predicted molar refractivity (Wildman–Crippen MR) is 96.1 cm³/mol. The molecule has 0 saturated heterocycles. The zero-order chi connectivity index (χ0) is 21.6. The van der Waals surface area contributed by atoms with Crippen LogP contribution in [0.4, 0.5) is 9.59 Å². The van der Waals surface area contributed by atoms with E-state index in [-0.39, 0.29) is 0 Å². The summed E-state index contributed by atoms with van der Waals surface area (Å²) in [7, 11) is -3.91. The number of amides is 3. The predicted octanol–water partition coefficient (Wildman–Crippen LogP) is 0.800. The maximum Gasteiger partial charge on any atom is 0.426 e. The number of nitrogens with one attached hydrogen (secondary N) is 3. The largest absolute Gasteiger partial charge is 0.444 e. The molecule has 3 N–H and O–H groups in total. The first-order valence-electron chi connectivity index (χ1n) is 8.06. The van der Waals surface area contributed by atoms with E-state index in [0.29, 0.717) is 0 Å². The van der Waals surface area contributed by atoms with Crippen molar-refractivity contribution < 1.29 is 36.5 Å². The van der Waals surface area contributed by atoms with Crippen molar-refractivity contribution in [1.29, 1.82) is 0 Å². The molecule has 27 heavy (non-hydrogen) atoms. The fraction of sp³-hybridized carbons (Fsp3) is 0.800. The number of ether oxygens (including phenoxy) is 2. The van der Waals surface area contributed by atoms with Crippen LogP contribution >= 0.6 is 0 Å². The molecule has 3 amide bonds. The molecule has 0 spiro atoms. The highest BCUT2D eigenvalue weighted by Gasteiger charge is 2.32. The number of hydrogen-bond donors (Lipinski definition) is 3. The lowest BCUT2D eigenvalue weighted by Gasteiger charge is -2.26. The number of carbonyl (C=O) groups excluding carboxylic acids is 3. The minimum Gasteiger partial charge on any atom is -0.444 e. The van der Waals surface area contributed by atoms with Crippen molar-refractivity contribution in [2.75, 3.05) is 6.26 Å². The van der Waals surface area contributed by atoms with Gasteiger partial charge in [0.05, 0.1) is 6.26 Å². The third-order valence-electron chi connectivity index (χ3n) is 2.44. The normalized spacial score (nSPS) is 14.5. The second-order valence-electron chi connectivity index (χ2n) is 7.75. The molecule has 158 valence electrons. The SMILES string of the molecule is C[C@H](OS(C)(=O)=O)[C@@H](NC(=O)OC(C)(C)C)C(=O)NNC(=O)OC(C)(C)C. The second kappa shape index (κ2) is 9.22. The van der Waals surface area contributed by atoms with E-state index in [2.05, 4.69) is 5.32 Å². The van der Waals surface area contributed by atoms with Gasteiger partial charge in [0.2, 0.25) is 0 Å². The summed E-state index contributed by atoms with van der Waals surface area (Å²) < 4.78 is 37.4. The van der Waals surface area contributed by atoms with Crippen molar-refractivity contribution in [3.8, 4) is 0 Å². The van der Waals surface area contributed by atoms with Crippen molar-refractivity contribution in [1.82, 2.24) is 16.2 Å². The highest BCUT2D eigenvalue weighted by molar-refractivity contribution is 7.86. The van der Waals surface area contributed by atoms with Crippen LogP contribution in [-0.2, 0) is 28.6 Å². The van der Waals surface area contributed by atoms with Crippen molar-refractivity contribution in [3.05, 3.63) is 0 Å². The molecule has 0 bridgehead atoms.